The van der Waals surface area contributed by atoms with E-state index in [1.165, 1.54) is 12.1 Å². The molecule has 0 spiro atoms. The molecule has 1 heterocycles. The summed E-state index contributed by atoms with van der Waals surface area (Å²) in [4.78, 5) is 14.9. The van der Waals surface area contributed by atoms with Gasteiger partial charge >= 0.3 is 0 Å². The molecule has 0 bridgehead atoms. The van der Waals surface area contributed by atoms with Gasteiger partial charge in [0.2, 0.25) is 0 Å². The van der Waals surface area contributed by atoms with E-state index in [2.05, 4.69) is 4.98 Å². The van der Waals surface area contributed by atoms with E-state index in [-0.39, 0.29) is 17.8 Å². The molecule has 0 radical (unpaired) electrons. The highest BCUT2D eigenvalue weighted by Crippen LogP contribution is 2.28. The quantitative estimate of drug-likeness (QED) is 0.776. The zero-order valence-electron chi connectivity index (χ0n) is 10.4. The lowest BCUT2D eigenvalue weighted by Gasteiger charge is -2.22. The molecule has 0 aliphatic carbocycles. The SMILES string of the molecule is CC(c1ccc(F)cc1)C(C)n1cncc1C=O. The third-order valence-corrected chi connectivity index (χ3v) is 3.37. The van der Waals surface area contributed by atoms with Crippen LogP contribution in [-0.4, -0.2) is 15.8 Å². The standard InChI is InChI=1S/C14H15FN2O/c1-10(12-3-5-13(15)6-4-12)11(2)17-9-16-7-14(17)8-18/h3-11H,1-2H3. The molecule has 3 nitrogen and oxygen atoms in total. The number of aldehydes is 1. The van der Waals surface area contributed by atoms with Crippen LogP contribution in [-0.2, 0) is 0 Å². The Hall–Kier alpha value is -1.97. The number of benzene rings is 1. The van der Waals surface area contributed by atoms with Gasteiger partial charge in [-0.25, -0.2) is 9.37 Å². The average molecular weight is 246 g/mol. The van der Waals surface area contributed by atoms with Gasteiger partial charge in [0.25, 0.3) is 0 Å². The van der Waals surface area contributed by atoms with Crippen molar-refractivity contribution in [1.82, 2.24) is 9.55 Å². The normalized spacial score (nSPS) is 14.2. The van der Waals surface area contributed by atoms with Gasteiger partial charge in [-0.05, 0) is 24.6 Å². The predicted molar refractivity (Wildman–Crippen MR) is 67.1 cm³/mol. The fourth-order valence-electron chi connectivity index (χ4n) is 2.03. The average Bonchev–Trinajstić information content (AvgIpc) is 2.86. The largest absolute Gasteiger partial charge is 0.325 e. The third kappa shape index (κ3) is 2.32. The first-order valence-electron chi connectivity index (χ1n) is 5.86. The molecular formula is C14H15FN2O. The Balaban J connectivity index is 2.25. The summed E-state index contributed by atoms with van der Waals surface area (Å²) in [6.45, 7) is 4.06. The van der Waals surface area contributed by atoms with Crippen molar-refractivity contribution >= 4 is 6.29 Å². The molecule has 0 saturated heterocycles. The highest BCUT2D eigenvalue weighted by atomic mass is 19.1. The Bertz CT molecular complexity index is 533. The maximum Gasteiger partial charge on any atom is 0.168 e. The van der Waals surface area contributed by atoms with Gasteiger partial charge in [0, 0.05) is 12.0 Å². The molecule has 0 fully saturated rings. The van der Waals surface area contributed by atoms with Crippen molar-refractivity contribution in [2.24, 2.45) is 0 Å². The zero-order chi connectivity index (χ0) is 13.1. The molecule has 2 atom stereocenters. The molecule has 2 rings (SSSR count). The molecule has 1 aromatic carbocycles. The Kier molecular flexibility index (Phi) is 3.55. The van der Waals surface area contributed by atoms with Crippen molar-refractivity contribution in [2.75, 3.05) is 0 Å². The Morgan fingerprint density at radius 1 is 1.28 bits per heavy atom. The summed E-state index contributed by atoms with van der Waals surface area (Å²) in [6.07, 6.45) is 3.98. The molecule has 2 unspecified atom stereocenters. The van der Waals surface area contributed by atoms with Gasteiger partial charge in [-0.15, -0.1) is 0 Å². The summed E-state index contributed by atoms with van der Waals surface area (Å²) < 4.78 is 14.7. The number of nitrogens with zero attached hydrogens (tertiary/aromatic N) is 2. The van der Waals surface area contributed by atoms with Crippen LogP contribution >= 0.6 is 0 Å². The van der Waals surface area contributed by atoms with Gasteiger partial charge in [-0.2, -0.15) is 0 Å². The number of carbonyl (C=O) groups is 1. The highest BCUT2D eigenvalue weighted by Gasteiger charge is 2.18. The summed E-state index contributed by atoms with van der Waals surface area (Å²) in [6, 6.07) is 6.53. The first-order chi connectivity index (χ1) is 8.63. The van der Waals surface area contributed by atoms with Crippen LogP contribution in [0, 0.1) is 5.82 Å². The lowest BCUT2D eigenvalue weighted by atomic mass is 9.94. The summed E-state index contributed by atoms with van der Waals surface area (Å²) in [5, 5.41) is 0. The van der Waals surface area contributed by atoms with Gasteiger partial charge in [0.15, 0.2) is 6.29 Å². The molecule has 0 aliphatic rings. The maximum atomic E-state index is 12.9. The molecule has 18 heavy (non-hydrogen) atoms. The summed E-state index contributed by atoms with van der Waals surface area (Å²) in [7, 11) is 0. The molecule has 1 aromatic heterocycles. The Labute approximate surface area is 105 Å². The smallest absolute Gasteiger partial charge is 0.168 e. The monoisotopic (exact) mass is 246 g/mol. The fourth-order valence-corrected chi connectivity index (χ4v) is 2.03. The first kappa shape index (κ1) is 12.5. The van der Waals surface area contributed by atoms with Gasteiger partial charge in [0.05, 0.1) is 12.5 Å². The molecule has 0 N–H and O–H groups in total. The second kappa shape index (κ2) is 5.12. The number of hydrogen-bond acceptors (Lipinski definition) is 2. The van der Waals surface area contributed by atoms with E-state index >= 15 is 0 Å². The minimum Gasteiger partial charge on any atom is -0.325 e. The predicted octanol–water partition coefficient (Wildman–Crippen LogP) is 3.20. The van der Waals surface area contributed by atoms with E-state index in [1.54, 1.807) is 24.7 Å². The maximum absolute atomic E-state index is 12.9. The minimum absolute atomic E-state index is 0.0816. The second-order valence-corrected chi connectivity index (χ2v) is 4.42. The number of aromatic nitrogens is 2. The summed E-state index contributed by atoms with van der Waals surface area (Å²) >= 11 is 0. The van der Waals surface area contributed by atoms with Gasteiger partial charge < -0.3 is 4.57 Å². The van der Waals surface area contributed by atoms with Crippen LogP contribution in [0.15, 0.2) is 36.8 Å². The highest BCUT2D eigenvalue weighted by molar-refractivity contribution is 5.71. The lowest BCUT2D eigenvalue weighted by Crippen LogP contribution is -2.14. The fraction of sp³-hybridized carbons (Fsp3) is 0.286. The molecule has 0 aliphatic heterocycles. The minimum atomic E-state index is -0.241. The van der Waals surface area contributed by atoms with Crippen LogP contribution in [0.1, 0.15) is 41.9 Å². The van der Waals surface area contributed by atoms with Crippen LogP contribution in [0.2, 0.25) is 0 Å². The zero-order valence-corrected chi connectivity index (χ0v) is 10.4. The molecule has 4 heteroatoms. The van der Waals surface area contributed by atoms with E-state index in [0.29, 0.717) is 5.69 Å². The van der Waals surface area contributed by atoms with E-state index in [9.17, 15) is 9.18 Å². The number of rotatable bonds is 4. The Morgan fingerprint density at radius 2 is 1.94 bits per heavy atom. The summed E-state index contributed by atoms with van der Waals surface area (Å²) in [5.74, 6) is -0.0756. The Morgan fingerprint density at radius 3 is 2.56 bits per heavy atom. The van der Waals surface area contributed by atoms with Crippen LogP contribution in [0.3, 0.4) is 0 Å². The van der Waals surface area contributed by atoms with Gasteiger partial charge in [-0.1, -0.05) is 19.1 Å². The lowest BCUT2D eigenvalue weighted by molar-refractivity contribution is 0.111. The van der Waals surface area contributed by atoms with E-state index in [0.717, 1.165) is 11.8 Å². The number of imidazole rings is 1. The molecule has 0 saturated carbocycles. The first-order valence-corrected chi connectivity index (χ1v) is 5.86. The molecular weight excluding hydrogens is 231 g/mol. The van der Waals surface area contributed by atoms with Crippen molar-refractivity contribution in [3.63, 3.8) is 0 Å². The van der Waals surface area contributed by atoms with Crippen molar-refractivity contribution in [1.29, 1.82) is 0 Å². The van der Waals surface area contributed by atoms with E-state index < -0.39 is 0 Å². The van der Waals surface area contributed by atoms with Crippen molar-refractivity contribution < 1.29 is 9.18 Å². The van der Waals surface area contributed by atoms with Crippen LogP contribution < -0.4 is 0 Å². The number of halogens is 1. The second-order valence-electron chi connectivity index (χ2n) is 4.42. The van der Waals surface area contributed by atoms with Crippen molar-refractivity contribution in [3.8, 4) is 0 Å². The van der Waals surface area contributed by atoms with Gasteiger partial charge in [0.1, 0.15) is 11.5 Å². The van der Waals surface area contributed by atoms with E-state index in [1.807, 2.05) is 18.4 Å². The number of carbonyl (C=O) groups excluding carboxylic acids is 1. The van der Waals surface area contributed by atoms with Crippen LogP contribution in [0.4, 0.5) is 4.39 Å². The third-order valence-electron chi connectivity index (χ3n) is 3.37. The van der Waals surface area contributed by atoms with Crippen LogP contribution in [0.25, 0.3) is 0 Å². The molecule has 2 aromatic rings. The topological polar surface area (TPSA) is 34.9 Å². The van der Waals surface area contributed by atoms with Gasteiger partial charge in [-0.3, -0.25) is 4.79 Å². The van der Waals surface area contributed by atoms with Crippen LogP contribution in [0.5, 0.6) is 0 Å². The summed E-state index contributed by atoms with van der Waals surface area (Å²) in [5.41, 5.74) is 1.59. The number of hydrogen-bond donors (Lipinski definition) is 0. The molecule has 94 valence electrons. The van der Waals surface area contributed by atoms with Crippen molar-refractivity contribution in [3.05, 3.63) is 53.9 Å². The van der Waals surface area contributed by atoms with Crippen molar-refractivity contribution in [2.45, 2.75) is 25.8 Å². The molecule has 0 amide bonds. The van der Waals surface area contributed by atoms with E-state index in [4.69, 9.17) is 0 Å².